The second-order valence-electron chi connectivity index (χ2n) is 7.83. The van der Waals surface area contributed by atoms with Crippen LogP contribution in [0.3, 0.4) is 0 Å². The predicted molar refractivity (Wildman–Crippen MR) is 120 cm³/mol. The van der Waals surface area contributed by atoms with Gasteiger partial charge < -0.3 is 9.47 Å². The molecule has 3 rings (SSSR count). The maximum absolute atomic E-state index is 11.5. The van der Waals surface area contributed by atoms with Crippen LogP contribution < -0.4 is 0 Å². The first-order valence-corrected chi connectivity index (χ1v) is 10.9. The molecule has 0 N–H and O–H groups in total. The van der Waals surface area contributed by atoms with Crippen molar-refractivity contribution in [2.75, 3.05) is 45.9 Å². The Kier molecular flexibility index (Phi) is 8.70. The van der Waals surface area contributed by atoms with E-state index >= 15 is 0 Å². The van der Waals surface area contributed by atoms with Gasteiger partial charge >= 0.3 is 5.97 Å². The zero-order chi connectivity index (χ0) is 21.3. The molecule has 0 aliphatic carbocycles. The molecular weight excluding hydrogens is 400 g/mol. The first-order chi connectivity index (χ1) is 14.5. The summed E-state index contributed by atoms with van der Waals surface area (Å²) in [5.41, 5.74) is 2.55. The van der Waals surface area contributed by atoms with Crippen LogP contribution in [-0.2, 0) is 14.3 Å². The molecule has 0 spiro atoms. The van der Waals surface area contributed by atoms with Crippen LogP contribution in [-0.4, -0.2) is 67.8 Å². The summed E-state index contributed by atoms with van der Waals surface area (Å²) in [6, 6.07) is 19.0. The van der Waals surface area contributed by atoms with E-state index in [1.54, 1.807) is 0 Å². The Morgan fingerprint density at radius 2 is 1.60 bits per heavy atom. The van der Waals surface area contributed by atoms with Gasteiger partial charge in [0.15, 0.2) is 0 Å². The molecule has 1 aliphatic rings. The van der Waals surface area contributed by atoms with Crippen LogP contribution in [0.4, 0.5) is 0 Å². The third kappa shape index (κ3) is 6.81. The van der Waals surface area contributed by atoms with Crippen LogP contribution in [0.15, 0.2) is 54.6 Å². The van der Waals surface area contributed by atoms with Gasteiger partial charge in [-0.15, -0.1) is 0 Å². The van der Waals surface area contributed by atoms with E-state index in [9.17, 15) is 4.79 Å². The van der Waals surface area contributed by atoms with Crippen molar-refractivity contribution in [2.45, 2.75) is 26.0 Å². The van der Waals surface area contributed by atoms with E-state index in [-0.39, 0.29) is 24.7 Å². The average Bonchev–Trinajstić information content (AvgIpc) is 2.74. The van der Waals surface area contributed by atoms with Crippen molar-refractivity contribution in [2.24, 2.45) is 0 Å². The van der Waals surface area contributed by atoms with Gasteiger partial charge in [-0.3, -0.25) is 9.80 Å². The first-order valence-electron chi connectivity index (χ1n) is 10.6. The topological polar surface area (TPSA) is 42.0 Å². The van der Waals surface area contributed by atoms with Gasteiger partial charge in [-0.05, 0) is 37.1 Å². The molecule has 1 fully saturated rings. The zero-order valence-electron chi connectivity index (χ0n) is 17.8. The molecule has 162 valence electrons. The standard InChI is InChI=1S/C24H31ClN2O3/c1-19(2)30-23(28)18-29-17-16-26-12-14-27(15-13-26)24(20-6-4-3-5-7-20)21-8-10-22(25)11-9-21/h3-11,19,24H,12-18H2,1-2H3. The third-order valence-electron chi connectivity index (χ3n) is 5.21. The second kappa shape index (κ2) is 11.5. The highest BCUT2D eigenvalue weighted by molar-refractivity contribution is 6.30. The van der Waals surface area contributed by atoms with E-state index in [1.807, 2.05) is 26.0 Å². The quantitative estimate of drug-likeness (QED) is 0.444. The van der Waals surface area contributed by atoms with Gasteiger partial charge in [-0.2, -0.15) is 0 Å². The molecule has 1 atom stereocenters. The lowest BCUT2D eigenvalue weighted by Crippen LogP contribution is -2.48. The molecule has 1 unspecified atom stereocenters. The van der Waals surface area contributed by atoms with Crippen LogP contribution in [0.5, 0.6) is 0 Å². The number of benzene rings is 2. The smallest absolute Gasteiger partial charge is 0.332 e. The van der Waals surface area contributed by atoms with Crippen molar-refractivity contribution >= 4 is 17.6 Å². The largest absolute Gasteiger partial charge is 0.461 e. The van der Waals surface area contributed by atoms with Gasteiger partial charge in [0, 0.05) is 37.7 Å². The Labute approximate surface area is 184 Å². The maximum Gasteiger partial charge on any atom is 0.332 e. The van der Waals surface area contributed by atoms with Crippen LogP contribution in [0, 0.1) is 0 Å². The molecule has 5 nitrogen and oxygen atoms in total. The summed E-state index contributed by atoms with van der Waals surface area (Å²) < 4.78 is 10.6. The van der Waals surface area contributed by atoms with E-state index < -0.39 is 0 Å². The number of carbonyl (C=O) groups is 1. The minimum absolute atomic E-state index is 0.0186. The average molecular weight is 431 g/mol. The molecule has 2 aromatic rings. The normalized spacial score (nSPS) is 16.5. The highest BCUT2D eigenvalue weighted by Gasteiger charge is 2.26. The van der Waals surface area contributed by atoms with Gasteiger partial charge in [-0.1, -0.05) is 54.1 Å². The van der Waals surface area contributed by atoms with Gasteiger partial charge in [0.1, 0.15) is 6.61 Å². The third-order valence-corrected chi connectivity index (χ3v) is 5.46. The number of carbonyl (C=O) groups excluding carboxylic acids is 1. The van der Waals surface area contributed by atoms with Gasteiger partial charge in [-0.25, -0.2) is 4.79 Å². The lowest BCUT2D eigenvalue weighted by Gasteiger charge is -2.39. The number of esters is 1. The van der Waals surface area contributed by atoms with Crippen molar-refractivity contribution < 1.29 is 14.3 Å². The molecule has 0 amide bonds. The van der Waals surface area contributed by atoms with Crippen molar-refractivity contribution in [1.82, 2.24) is 9.80 Å². The van der Waals surface area contributed by atoms with Crippen LogP contribution >= 0.6 is 11.6 Å². The zero-order valence-corrected chi connectivity index (χ0v) is 18.6. The molecule has 1 heterocycles. The summed E-state index contributed by atoms with van der Waals surface area (Å²) >= 11 is 6.11. The van der Waals surface area contributed by atoms with Gasteiger partial charge in [0.05, 0.1) is 18.8 Å². The van der Waals surface area contributed by atoms with Crippen molar-refractivity contribution in [3.05, 3.63) is 70.7 Å². The van der Waals surface area contributed by atoms with E-state index in [0.717, 1.165) is 37.7 Å². The number of piperazine rings is 1. The van der Waals surface area contributed by atoms with E-state index in [2.05, 4.69) is 52.3 Å². The second-order valence-corrected chi connectivity index (χ2v) is 8.27. The van der Waals surface area contributed by atoms with Crippen LogP contribution in [0.2, 0.25) is 5.02 Å². The summed E-state index contributed by atoms with van der Waals surface area (Å²) in [4.78, 5) is 16.4. The number of nitrogens with zero attached hydrogens (tertiary/aromatic N) is 2. The highest BCUT2D eigenvalue weighted by Crippen LogP contribution is 2.30. The lowest BCUT2D eigenvalue weighted by atomic mass is 9.96. The summed E-state index contributed by atoms with van der Waals surface area (Å²) in [5.74, 6) is -0.302. The first kappa shape index (κ1) is 22.8. The fraction of sp³-hybridized carbons (Fsp3) is 0.458. The number of ether oxygens (including phenoxy) is 2. The van der Waals surface area contributed by atoms with Crippen molar-refractivity contribution in [3.63, 3.8) is 0 Å². The highest BCUT2D eigenvalue weighted by atomic mass is 35.5. The predicted octanol–water partition coefficient (Wildman–Crippen LogP) is 4.02. The summed E-state index contributed by atoms with van der Waals surface area (Å²) in [5, 5.41) is 0.757. The molecule has 6 heteroatoms. The number of hydrogen-bond acceptors (Lipinski definition) is 5. The summed E-state index contributed by atoms with van der Waals surface area (Å²) in [6.07, 6.45) is -0.104. The van der Waals surface area contributed by atoms with Gasteiger partial charge in [0.2, 0.25) is 0 Å². The molecule has 0 saturated carbocycles. The Bertz CT molecular complexity index is 775. The Balaban J connectivity index is 1.52. The molecule has 1 saturated heterocycles. The molecule has 0 aromatic heterocycles. The molecule has 0 bridgehead atoms. The molecule has 0 radical (unpaired) electrons. The molecule has 1 aliphatic heterocycles. The molecule has 2 aromatic carbocycles. The number of halogens is 1. The SMILES string of the molecule is CC(C)OC(=O)COCCN1CCN(C(c2ccccc2)c2ccc(Cl)cc2)CC1. The fourth-order valence-corrected chi connectivity index (χ4v) is 3.91. The Morgan fingerprint density at radius 3 is 2.23 bits per heavy atom. The lowest BCUT2D eigenvalue weighted by molar-refractivity contribution is -0.152. The minimum Gasteiger partial charge on any atom is -0.461 e. The minimum atomic E-state index is -0.302. The van der Waals surface area contributed by atoms with E-state index in [0.29, 0.717) is 6.61 Å². The molecular formula is C24H31ClN2O3. The maximum atomic E-state index is 11.5. The molecule has 30 heavy (non-hydrogen) atoms. The number of hydrogen-bond donors (Lipinski definition) is 0. The fourth-order valence-electron chi connectivity index (χ4n) is 3.79. The Hall–Kier alpha value is -1.92. The van der Waals surface area contributed by atoms with E-state index in [4.69, 9.17) is 21.1 Å². The Morgan fingerprint density at radius 1 is 0.967 bits per heavy atom. The number of rotatable bonds is 9. The van der Waals surface area contributed by atoms with Crippen molar-refractivity contribution in [3.8, 4) is 0 Å². The van der Waals surface area contributed by atoms with Crippen molar-refractivity contribution in [1.29, 1.82) is 0 Å². The monoisotopic (exact) mass is 430 g/mol. The van der Waals surface area contributed by atoms with E-state index in [1.165, 1.54) is 11.1 Å². The van der Waals surface area contributed by atoms with Crippen LogP contribution in [0.1, 0.15) is 31.0 Å². The van der Waals surface area contributed by atoms with Crippen LogP contribution in [0.25, 0.3) is 0 Å². The van der Waals surface area contributed by atoms with Gasteiger partial charge in [0.25, 0.3) is 0 Å². The summed E-state index contributed by atoms with van der Waals surface area (Å²) in [6.45, 7) is 8.92. The summed E-state index contributed by atoms with van der Waals surface area (Å²) in [7, 11) is 0.